The quantitative estimate of drug-likeness (QED) is 0.822. The third-order valence-electron chi connectivity index (χ3n) is 3.68. The van der Waals surface area contributed by atoms with Gasteiger partial charge in [0.05, 0.1) is 12.8 Å². The van der Waals surface area contributed by atoms with Crippen LogP contribution in [0.15, 0.2) is 28.9 Å². The summed E-state index contributed by atoms with van der Waals surface area (Å²) in [6, 6.07) is 5.62. The van der Waals surface area contributed by atoms with Gasteiger partial charge in [-0.3, -0.25) is 4.79 Å². The molecule has 1 atom stereocenters. The van der Waals surface area contributed by atoms with E-state index < -0.39 is 5.60 Å². The largest absolute Gasteiger partial charge is 0.466 e. The van der Waals surface area contributed by atoms with E-state index in [0.717, 1.165) is 12.8 Å². The summed E-state index contributed by atoms with van der Waals surface area (Å²) in [6.45, 7) is 6.00. The number of nitrogens with one attached hydrogen (secondary N) is 1. The highest BCUT2D eigenvalue weighted by Crippen LogP contribution is 2.22. The van der Waals surface area contributed by atoms with Gasteiger partial charge in [-0.15, -0.1) is 11.3 Å². The van der Waals surface area contributed by atoms with Crippen molar-refractivity contribution in [3.05, 3.63) is 45.5 Å². The summed E-state index contributed by atoms with van der Waals surface area (Å²) in [7, 11) is 0. The van der Waals surface area contributed by atoms with Crippen molar-refractivity contribution in [2.75, 3.05) is 6.54 Å². The molecule has 120 valence electrons. The van der Waals surface area contributed by atoms with E-state index in [-0.39, 0.29) is 12.5 Å². The zero-order valence-corrected chi connectivity index (χ0v) is 14.1. The Hall–Kier alpha value is -1.59. The highest BCUT2D eigenvalue weighted by molar-refractivity contribution is 7.12. The first-order valence-corrected chi connectivity index (χ1v) is 8.29. The number of furan rings is 1. The van der Waals surface area contributed by atoms with Crippen molar-refractivity contribution < 1.29 is 14.3 Å². The first kappa shape index (κ1) is 16.8. The topological polar surface area (TPSA) is 62.5 Å². The summed E-state index contributed by atoms with van der Waals surface area (Å²) < 4.78 is 5.18. The summed E-state index contributed by atoms with van der Waals surface area (Å²) in [6.07, 6.45) is 3.70. The second-order valence-electron chi connectivity index (χ2n) is 5.82. The summed E-state index contributed by atoms with van der Waals surface area (Å²) in [5.41, 5.74) is 0.151. The van der Waals surface area contributed by atoms with E-state index in [1.807, 2.05) is 0 Å². The number of hydrogen-bond donors (Lipinski definition) is 2. The van der Waals surface area contributed by atoms with Crippen LogP contribution in [0.25, 0.3) is 0 Å². The van der Waals surface area contributed by atoms with E-state index in [1.54, 1.807) is 30.4 Å². The average Bonchev–Trinajstić information content (AvgIpc) is 3.07. The van der Waals surface area contributed by atoms with Gasteiger partial charge in [0.15, 0.2) is 0 Å². The van der Waals surface area contributed by atoms with Crippen LogP contribution in [0.1, 0.15) is 40.8 Å². The predicted molar refractivity (Wildman–Crippen MR) is 88.0 cm³/mol. The Balaban J connectivity index is 1.73. The molecule has 0 aliphatic carbocycles. The molecule has 2 N–H and O–H groups in total. The van der Waals surface area contributed by atoms with Crippen molar-refractivity contribution in [2.24, 2.45) is 0 Å². The molecule has 2 aromatic heterocycles. The summed E-state index contributed by atoms with van der Waals surface area (Å²) >= 11 is 1.80. The molecule has 0 bridgehead atoms. The second kappa shape index (κ2) is 7.11. The minimum absolute atomic E-state index is 0.0450. The van der Waals surface area contributed by atoms with Gasteiger partial charge in [-0.05, 0) is 57.4 Å². The van der Waals surface area contributed by atoms with E-state index in [2.05, 4.69) is 25.2 Å². The molecular weight excluding hydrogens is 298 g/mol. The van der Waals surface area contributed by atoms with Crippen molar-refractivity contribution in [3.8, 4) is 0 Å². The van der Waals surface area contributed by atoms with Crippen LogP contribution in [0, 0.1) is 13.8 Å². The molecule has 0 fully saturated rings. The monoisotopic (exact) mass is 321 g/mol. The molecule has 0 aliphatic rings. The molecule has 2 rings (SSSR count). The van der Waals surface area contributed by atoms with Gasteiger partial charge >= 0.3 is 0 Å². The fraction of sp³-hybridized carbons (Fsp3) is 0.471. The molecule has 0 radical (unpaired) electrons. The molecule has 5 heteroatoms. The van der Waals surface area contributed by atoms with Gasteiger partial charge in [0.1, 0.15) is 11.4 Å². The Morgan fingerprint density at radius 2 is 2.23 bits per heavy atom. The molecule has 1 amide bonds. The zero-order valence-electron chi connectivity index (χ0n) is 13.3. The fourth-order valence-corrected chi connectivity index (χ4v) is 3.38. The zero-order chi connectivity index (χ0) is 16.2. The summed E-state index contributed by atoms with van der Waals surface area (Å²) in [5, 5.41) is 13.0. The average molecular weight is 321 g/mol. The first-order valence-electron chi connectivity index (χ1n) is 7.47. The smallest absolute Gasteiger partial charge is 0.220 e. The van der Waals surface area contributed by atoms with Crippen molar-refractivity contribution in [3.63, 3.8) is 0 Å². The maximum atomic E-state index is 11.9. The highest BCUT2D eigenvalue weighted by atomic mass is 32.1. The minimum atomic E-state index is -1.18. The van der Waals surface area contributed by atoms with Crippen LogP contribution in [0.5, 0.6) is 0 Å². The van der Waals surface area contributed by atoms with E-state index in [0.29, 0.717) is 12.2 Å². The Kier molecular flexibility index (Phi) is 5.42. The van der Waals surface area contributed by atoms with Crippen LogP contribution < -0.4 is 5.32 Å². The summed E-state index contributed by atoms with van der Waals surface area (Å²) in [5.74, 6) is 0.411. The van der Waals surface area contributed by atoms with Crippen molar-refractivity contribution in [1.82, 2.24) is 5.32 Å². The number of amides is 1. The van der Waals surface area contributed by atoms with Crippen LogP contribution in [0.2, 0.25) is 0 Å². The van der Waals surface area contributed by atoms with E-state index in [9.17, 15) is 9.90 Å². The lowest BCUT2D eigenvalue weighted by Crippen LogP contribution is -2.38. The Morgan fingerprint density at radius 3 is 2.82 bits per heavy atom. The molecule has 0 aromatic carbocycles. The standard InChI is InChI=1S/C17H23NO3S/c1-12-10-14(13(2)22-12)6-4-8-16(19)18-11-17(3,20)15-7-5-9-21-15/h5,7,9-10,20H,4,6,8,11H2,1-3H3,(H,18,19). The molecule has 2 heterocycles. The maximum Gasteiger partial charge on any atom is 0.220 e. The van der Waals surface area contributed by atoms with E-state index in [4.69, 9.17) is 4.42 Å². The van der Waals surface area contributed by atoms with E-state index >= 15 is 0 Å². The Labute approximate surface area is 135 Å². The van der Waals surface area contributed by atoms with Crippen LogP contribution in [0.4, 0.5) is 0 Å². The third kappa shape index (κ3) is 4.45. The van der Waals surface area contributed by atoms with Gasteiger partial charge in [0, 0.05) is 16.2 Å². The molecule has 0 saturated carbocycles. The lowest BCUT2D eigenvalue weighted by Gasteiger charge is -2.21. The van der Waals surface area contributed by atoms with Gasteiger partial charge in [-0.25, -0.2) is 0 Å². The highest BCUT2D eigenvalue weighted by Gasteiger charge is 2.26. The minimum Gasteiger partial charge on any atom is -0.466 e. The lowest BCUT2D eigenvalue weighted by atomic mass is 10.0. The third-order valence-corrected chi connectivity index (χ3v) is 4.68. The van der Waals surface area contributed by atoms with Gasteiger partial charge in [0.25, 0.3) is 0 Å². The van der Waals surface area contributed by atoms with Crippen molar-refractivity contribution in [2.45, 2.75) is 45.6 Å². The Bertz CT molecular complexity index is 614. The number of aliphatic hydroxyl groups is 1. The number of hydrogen-bond acceptors (Lipinski definition) is 4. The molecule has 0 saturated heterocycles. The van der Waals surface area contributed by atoms with Gasteiger partial charge in [-0.2, -0.15) is 0 Å². The molecule has 4 nitrogen and oxygen atoms in total. The van der Waals surface area contributed by atoms with Crippen LogP contribution >= 0.6 is 11.3 Å². The number of rotatable bonds is 7. The number of carbonyl (C=O) groups is 1. The summed E-state index contributed by atoms with van der Waals surface area (Å²) in [4.78, 5) is 14.5. The van der Waals surface area contributed by atoms with Gasteiger partial charge in [0.2, 0.25) is 5.91 Å². The maximum absolute atomic E-state index is 11.9. The molecule has 1 unspecified atom stereocenters. The number of thiophene rings is 1. The fourth-order valence-electron chi connectivity index (χ4n) is 2.40. The predicted octanol–water partition coefficient (Wildman–Crippen LogP) is 3.30. The van der Waals surface area contributed by atoms with Crippen LogP contribution in [-0.4, -0.2) is 17.6 Å². The number of carbonyl (C=O) groups excluding carboxylic acids is 1. The lowest BCUT2D eigenvalue weighted by molar-refractivity contribution is -0.122. The molecule has 22 heavy (non-hydrogen) atoms. The van der Waals surface area contributed by atoms with Crippen molar-refractivity contribution >= 4 is 17.2 Å². The second-order valence-corrected chi connectivity index (χ2v) is 7.28. The molecule has 0 spiro atoms. The molecule has 2 aromatic rings. The first-order chi connectivity index (χ1) is 10.4. The normalized spacial score (nSPS) is 13.8. The molecule has 0 aliphatic heterocycles. The van der Waals surface area contributed by atoms with E-state index in [1.165, 1.54) is 21.6 Å². The van der Waals surface area contributed by atoms with Crippen molar-refractivity contribution in [1.29, 1.82) is 0 Å². The van der Waals surface area contributed by atoms with Crippen LogP contribution in [0.3, 0.4) is 0 Å². The van der Waals surface area contributed by atoms with Crippen LogP contribution in [-0.2, 0) is 16.8 Å². The number of aryl methyl sites for hydroxylation is 3. The Morgan fingerprint density at radius 1 is 1.45 bits per heavy atom. The van der Waals surface area contributed by atoms with Gasteiger partial charge < -0.3 is 14.8 Å². The van der Waals surface area contributed by atoms with Gasteiger partial charge in [-0.1, -0.05) is 0 Å². The molecular formula is C17H23NO3S. The SMILES string of the molecule is Cc1cc(CCCC(=O)NCC(C)(O)c2ccco2)c(C)s1.